The lowest BCUT2D eigenvalue weighted by Crippen LogP contribution is -2.15. The van der Waals surface area contributed by atoms with Crippen molar-refractivity contribution in [2.24, 2.45) is 0 Å². The summed E-state index contributed by atoms with van der Waals surface area (Å²) in [5, 5.41) is 9.95. The molecule has 0 aliphatic carbocycles. The fraction of sp³-hybridized carbons (Fsp3) is 0.150. The lowest BCUT2D eigenvalue weighted by Gasteiger charge is -2.15. The van der Waals surface area contributed by atoms with Crippen molar-refractivity contribution in [1.29, 1.82) is 0 Å². The van der Waals surface area contributed by atoms with E-state index < -0.39 is 35.1 Å². The molecule has 3 heterocycles. The summed E-state index contributed by atoms with van der Waals surface area (Å²) in [6.45, 7) is 1.40. The van der Waals surface area contributed by atoms with Crippen molar-refractivity contribution in [3.05, 3.63) is 71.4 Å². The molecule has 0 saturated heterocycles. The summed E-state index contributed by atoms with van der Waals surface area (Å²) >= 11 is 0. The van der Waals surface area contributed by atoms with Crippen LogP contribution in [0.4, 0.5) is 32.0 Å². The van der Waals surface area contributed by atoms with Gasteiger partial charge in [0.2, 0.25) is 5.76 Å². The predicted molar refractivity (Wildman–Crippen MR) is 100 cm³/mol. The number of rotatable bonds is 4. The second-order valence-corrected chi connectivity index (χ2v) is 6.81. The molecule has 0 radical (unpaired) electrons. The lowest BCUT2D eigenvalue weighted by molar-refractivity contribution is -0.143. The zero-order valence-electron chi connectivity index (χ0n) is 16.5. The number of amides is 1. The topological polar surface area (TPSA) is 86.1 Å². The first-order valence-corrected chi connectivity index (χ1v) is 9.10. The summed E-state index contributed by atoms with van der Waals surface area (Å²) < 4.78 is 90.0. The average Bonchev–Trinajstić information content (AvgIpc) is 3.47. The Labute approximate surface area is 180 Å². The molecule has 0 unspecified atom stereocenters. The van der Waals surface area contributed by atoms with Crippen molar-refractivity contribution >= 4 is 11.6 Å². The Morgan fingerprint density at radius 3 is 2.42 bits per heavy atom. The van der Waals surface area contributed by atoms with Crippen LogP contribution in [-0.2, 0) is 12.4 Å². The largest absolute Gasteiger partial charge is 0.461 e. The molecule has 0 fully saturated rings. The molecule has 4 aromatic rings. The maximum absolute atomic E-state index is 13.5. The molecular weight excluding hydrogens is 458 g/mol. The number of furan rings is 1. The van der Waals surface area contributed by atoms with Gasteiger partial charge in [-0.15, -0.1) is 0 Å². The number of anilines is 1. The second kappa shape index (κ2) is 7.83. The standard InChI is InChI=1S/C20H12F6N4O3/c1-10-14(27-18(31)13-8-17(33-29-13)16-3-2-6-32-16)9-30(28-10)15-5-4-11(19(21,22)23)7-12(15)20(24,25)26/h2-9H,1H3,(H,27,31). The molecule has 1 N–H and O–H groups in total. The van der Waals surface area contributed by atoms with Gasteiger partial charge in [0.05, 0.1) is 40.7 Å². The van der Waals surface area contributed by atoms with Gasteiger partial charge >= 0.3 is 12.4 Å². The summed E-state index contributed by atoms with van der Waals surface area (Å²) in [6.07, 6.45) is -7.59. The third-order valence-corrected chi connectivity index (χ3v) is 4.53. The van der Waals surface area contributed by atoms with Crippen LogP contribution in [0.1, 0.15) is 27.3 Å². The molecule has 1 aromatic carbocycles. The SMILES string of the molecule is Cc1nn(-c2ccc(C(F)(F)F)cc2C(F)(F)F)cc1NC(=O)c1cc(-c2ccco2)on1. The van der Waals surface area contributed by atoms with Crippen LogP contribution in [0.5, 0.6) is 0 Å². The summed E-state index contributed by atoms with van der Waals surface area (Å²) in [4.78, 5) is 12.5. The fourth-order valence-electron chi connectivity index (χ4n) is 2.95. The van der Waals surface area contributed by atoms with Crippen LogP contribution in [0, 0.1) is 6.92 Å². The first-order chi connectivity index (χ1) is 15.4. The summed E-state index contributed by atoms with van der Waals surface area (Å²) in [6, 6.07) is 5.68. The Hall–Kier alpha value is -4.03. The normalized spacial score (nSPS) is 12.2. The molecule has 0 aliphatic rings. The molecule has 13 heteroatoms. The molecule has 7 nitrogen and oxygen atoms in total. The molecule has 3 aromatic heterocycles. The third-order valence-electron chi connectivity index (χ3n) is 4.53. The summed E-state index contributed by atoms with van der Waals surface area (Å²) in [5.74, 6) is -0.243. The van der Waals surface area contributed by atoms with E-state index in [0.717, 1.165) is 10.9 Å². The van der Waals surface area contributed by atoms with E-state index in [0.29, 0.717) is 17.9 Å². The van der Waals surface area contributed by atoms with E-state index in [1.165, 1.54) is 19.3 Å². The van der Waals surface area contributed by atoms with E-state index in [1.807, 2.05) is 0 Å². The molecule has 0 spiro atoms. The molecule has 0 atom stereocenters. The minimum absolute atomic E-state index is 0.0101. The number of nitrogens with zero attached hydrogens (tertiary/aromatic N) is 3. The summed E-state index contributed by atoms with van der Waals surface area (Å²) in [7, 11) is 0. The minimum atomic E-state index is -5.08. The van der Waals surface area contributed by atoms with Crippen molar-refractivity contribution in [3.63, 3.8) is 0 Å². The van der Waals surface area contributed by atoms with E-state index in [1.54, 1.807) is 12.1 Å². The number of aryl methyl sites for hydroxylation is 1. The highest BCUT2D eigenvalue weighted by Gasteiger charge is 2.39. The van der Waals surface area contributed by atoms with Gasteiger partial charge in [0.1, 0.15) is 0 Å². The third kappa shape index (κ3) is 4.47. The van der Waals surface area contributed by atoms with Gasteiger partial charge in [0.15, 0.2) is 11.5 Å². The maximum Gasteiger partial charge on any atom is 0.418 e. The molecule has 0 saturated carbocycles. The van der Waals surface area contributed by atoms with Gasteiger partial charge in [-0.2, -0.15) is 31.4 Å². The molecule has 0 bridgehead atoms. The zero-order chi connectivity index (χ0) is 24.0. The lowest BCUT2D eigenvalue weighted by atomic mass is 10.1. The number of hydrogen-bond acceptors (Lipinski definition) is 5. The van der Waals surface area contributed by atoms with Crippen molar-refractivity contribution < 1.29 is 40.1 Å². The second-order valence-electron chi connectivity index (χ2n) is 6.81. The Morgan fingerprint density at radius 1 is 1.03 bits per heavy atom. The van der Waals surface area contributed by atoms with E-state index in [-0.39, 0.29) is 28.9 Å². The molecule has 0 aliphatic heterocycles. The number of nitrogens with one attached hydrogen (secondary N) is 1. The molecule has 33 heavy (non-hydrogen) atoms. The monoisotopic (exact) mass is 470 g/mol. The van der Waals surface area contributed by atoms with Crippen molar-refractivity contribution in [3.8, 4) is 17.2 Å². The number of aromatic nitrogens is 3. The van der Waals surface area contributed by atoms with Gasteiger partial charge in [-0.1, -0.05) is 5.16 Å². The number of hydrogen-bond donors (Lipinski definition) is 1. The van der Waals surface area contributed by atoms with Crippen LogP contribution in [0.15, 0.2) is 57.8 Å². The molecule has 172 valence electrons. The fourth-order valence-corrected chi connectivity index (χ4v) is 2.95. The highest BCUT2D eigenvalue weighted by molar-refractivity contribution is 6.03. The quantitative estimate of drug-likeness (QED) is 0.386. The van der Waals surface area contributed by atoms with Gasteiger partial charge in [-0.05, 0) is 37.3 Å². The van der Waals surface area contributed by atoms with Crippen LogP contribution in [-0.4, -0.2) is 20.8 Å². The number of alkyl halides is 6. The number of carbonyl (C=O) groups is 1. The van der Waals surface area contributed by atoms with E-state index in [4.69, 9.17) is 8.94 Å². The average molecular weight is 470 g/mol. The van der Waals surface area contributed by atoms with Crippen LogP contribution in [0.2, 0.25) is 0 Å². The number of halogens is 6. The van der Waals surface area contributed by atoms with E-state index in [9.17, 15) is 31.1 Å². The Kier molecular flexibility index (Phi) is 5.26. The number of carbonyl (C=O) groups excluding carboxylic acids is 1. The van der Waals surface area contributed by atoms with Crippen molar-refractivity contribution in [2.75, 3.05) is 5.32 Å². The van der Waals surface area contributed by atoms with Crippen LogP contribution >= 0.6 is 0 Å². The van der Waals surface area contributed by atoms with Gasteiger partial charge in [0, 0.05) is 6.07 Å². The van der Waals surface area contributed by atoms with Gasteiger partial charge in [-0.25, -0.2) is 4.68 Å². The van der Waals surface area contributed by atoms with Crippen molar-refractivity contribution in [1.82, 2.24) is 14.9 Å². The first kappa shape index (κ1) is 22.2. The molecule has 1 amide bonds. The van der Waals surface area contributed by atoms with E-state index in [2.05, 4.69) is 15.6 Å². The van der Waals surface area contributed by atoms with Crippen LogP contribution in [0.25, 0.3) is 17.2 Å². The number of benzene rings is 1. The van der Waals surface area contributed by atoms with Crippen LogP contribution < -0.4 is 5.32 Å². The van der Waals surface area contributed by atoms with Gasteiger partial charge < -0.3 is 14.3 Å². The Bertz CT molecular complexity index is 1300. The maximum atomic E-state index is 13.5. The highest BCUT2D eigenvalue weighted by atomic mass is 19.4. The van der Waals surface area contributed by atoms with E-state index >= 15 is 0 Å². The Balaban J connectivity index is 1.63. The molecule has 4 rings (SSSR count). The van der Waals surface area contributed by atoms with Crippen molar-refractivity contribution in [2.45, 2.75) is 19.3 Å². The highest BCUT2D eigenvalue weighted by Crippen LogP contribution is 2.38. The smallest absolute Gasteiger partial charge is 0.418 e. The van der Waals surface area contributed by atoms with Gasteiger partial charge in [0.25, 0.3) is 5.91 Å². The summed E-state index contributed by atoms with van der Waals surface area (Å²) in [5.41, 5.74) is -3.62. The first-order valence-electron chi connectivity index (χ1n) is 9.10. The van der Waals surface area contributed by atoms with Gasteiger partial charge in [-0.3, -0.25) is 4.79 Å². The zero-order valence-corrected chi connectivity index (χ0v) is 16.5. The predicted octanol–water partition coefficient (Wildman–Crippen LogP) is 5.72. The molecular formula is C20H12F6N4O3. The Morgan fingerprint density at radius 2 is 1.79 bits per heavy atom. The minimum Gasteiger partial charge on any atom is -0.461 e. The van der Waals surface area contributed by atoms with Crippen LogP contribution in [0.3, 0.4) is 0 Å².